The van der Waals surface area contributed by atoms with Crippen molar-refractivity contribution in [3.05, 3.63) is 36.0 Å². The molecule has 2 unspecified atom stereocenters. The first-order valence-corrected chi connectivity index (χ1v) is 7.50. The molecule has 8 heteroatoms. The molecule has 2 aromatic rings. The van der Waals surface area contributed by atoms with Gasteiger partial charge in [-0.05, 0) is 18.6 Å². The predicted octanol–water partition coefficient (Wildman–Crippen LogP) is -0.257. The van der Waals surface area contributed by atoms with Gasteiger partial charge in [0.2, 0.25) is 11.8 Å². The fourth-order valence-electron chi connectivity index (χ4n) is 2.38. The average molecular weight is 332 g/mol. The van der Waals surface area contributed by atoms with Crippen molar-refractivity contribution in [3.8, 4) is 0 Å². The van der Waals surface area contributed by atoms with E-state index in [0.29, 0.717) is 0 Å². The van der Waals surface area contributed by atoms with Gasteiger partial charge >= 0.3 is 5.97 Å². The minimum absolute atomic E-state index is 0.128. The summed E-state index contributed by atoms with van der Waals surface area (Å²) < 4.78 is 0. The van der Waals surface area contributed by atoms with Gasteiger partial charge in [-0.15, -0.1) is 0 Å². The van der Waals surface area contributed by atoms with Crippen molar-refractivity contribution in [2.75, 3.05) is 6.54 Å². The zero-order valence-corrected chi connectivity index (χ0v) is 13.2. The Morgan fingerprint density at radius 1 is 1.25 bits per heavy atom. The summed E-state index contributed by atoms with van der Waals surface area (Å²) in [6, 6.07) is 5.53. The van der Waals surface area contributed by atoms with Crippen molar-refractivity contribution in [1.82, 2.24) is 15.6 Å². The Kier molecular flexibility index (Phi) is 5.54. The normalized spacial score (nSPS) is 13.2. The maximum Gasteiger partial charge on any atom is 0.326 e. The number of carbonyl (C=O) groups excluding carboxylic acids is 2. The summed E-state index contributed by atoms with van der Waals surface area (Å²) >= 11 is 0. The van der Waals surface area contributed by atoms with Crippen LogP contribution in [0.3, 0.4) is 0 Å². The fraction of sp³-hybridized carbons (Fsp3) is 0.312. The number of nitrogens with two attached hydrogens (primary N) is 1. The van der Waals surface area contributed by atoms with Crippen molar-refractivity contribution < 1.29 is 19.5 Å². The molecule has 2 atom stereocenters. The Labute approximate surface area is 138 Å². The van der Waals surface area contributed by atoms with Gasteiger partial charge in [-0.25, -0.2) is 4.79 Å². The minimum atomic E-state index is -1.15. The Morgan fingerprint density at radius 2 is 1.96 bits per heavy atom. The molecule has 1 aromatic carbocycles. The zero-order valence-electron chi connectivity index (χ0n) is 13.2. The van der Waals surface area contributed by atoms with Crippen molar-refractivity contribution >= 4 is 28.7 Å². The lowest BCUT2D eigenvalue weighted by atomic mass is 10.0. The molecule has 1 heterocycles. The number of carbonyl (C=O) groups is 3. The number of fused-ring (bicyclic) bond motifs is 1. The Balaban J connectivity index is 2.08. The smallest absolute Gasteiger partial charge is 0.326 e. The summed E-state index contributed by atoms with van der Waals surface area (Å²) in [4.78, 5) is 37.8. The van der Waals surface area contributed by atoms with Crippen molar-refractivity contribution in [2.24, 2.45) is 5.73 Å². The number of rotatable bonds is 7. The number of para-hydroxylation sites is 1. The highest BCUT2D eigenvalue weighted by molar-refractivity contribution is 5.91. The average Bonchev–Trinajstić information content (AvgIpc) is 2.97. The van der Waals surface area contributed by atoms with Crippen LogP contribution in [0.25, 0.3) is 10.9 Å². The Hall–Kier alpha value is -2.87. The summed E-state index contributed by atoms with van der Waals surface area (Å²) in [6.07, 6.45) is 1.86. The summed E-state index contributed by atoms with van der Waals surface area (Å²) in [6.45, 7) is 1.23. The lowest BCUT2D eigenvalue weighted by Gasteiger charge is -2.18. The molecule has 0 fully saturated rings. The Bertz CT molecular complexity index is 755. The number of hydrogen-bond donors (Lipinski definition) is 5. The number of aliphatic carboxylic acids is 1. The van der Waals surface area contributed by atoms with Crippen LogP contribution in [0.5, 0.6) is 0 Å². The molecule has 2 amide bonds. The second kappa shape index (κ2) is 7.60. The van der Waals surface area contributed by atoms with Crippen LogP contribution in [0.4, 0.5) is 0 Å². The van der Waals surface area contributed by atoms with Gasteiger partial charge in [0.15, 0.2) is 0 Å². The number of aromatic nitrogens is 1. The lowest BCUT2D eigenvalue weighted by Crippen LogP contribution is -2.51. The highest BCUT2D eigenvalue weighted by Gasteiger charge is 2.24. The molecule has 0 radical (unpaired) electrons. The summed E-state index contributed by atoms with van der Waals surface area (Å²) in [5.41, 5.74) is 6.86. The molecule has 0 spiro atoms. The van der Waals surface area contributed by atoms with Crippen LogP contribution in [0.1, 0.15) is 12.5 Å². The largest absolute Gasteiger partial charge is 0.480 e. The zero-order chi connectivity index (χ0) is 17.7. The summed E-state index contributed by atoms with van der Waals surface area (Å²) in [7, 11) is 0. The molecule has 24 heavy (non-hydrogen) atoms. The third-order valence-corrected chi connectivity index (χ3v) is 3.67. The highest BCUT2D eigenvalue weighted by atomic mass is 16.4. The van der Waals surface area contributed by atoms with Gasteiger partial charge in [0.1, 0.15) is 12.1 Å². The number of carboxylic acid groups (broad SMARTS) is 1. The molecule has 0 bridgehead atoms. The van der Waals surface area contributed by atoms with Crippen LogP contribution in [0.15, 0.2) is 30.5 Å². The van der Waals surface area contributed by atoms with Gasteiger partial charge in [-0.2, -0.15) is 0 Å². The van der Waals surface area contributed by atoms with Gasteiger partial charge in [0.05, 0.1) is 6.54 Å². The van der Waals surface area contributed by atoms with E-state index in [1.807, 2.05) is 24.3 Å². The number of nitrogens with one attached hydrogen (secondary N) is 3. The van der Waals surface area contributed by atoms with Crippen LogP contribution < -0.4 is 16.4 Å². The molecule has 1 aromatic heterocycles. The van der Waals surface area contributed by atoms with Crippen molar-refractivity contribution in [3.63, 3.8) is 0 Å². The van der Waals surface area contributed by atoms with Gasteiger partial charge in [0, 0.05) is 23.5 Å². The first kappa shape index (κ1) is 17.5. The first-order valence-electron chi connectivity index (χ1n) is 7.50. The molecule has 0 aliphatic heterocycles. The number of benzene rings is 1. The van der Waals surface area contributed by atoms with E-state index in [2.05, 4.69) is 15.6 Å². The Morgan fingerprint density at radius 3 is 2.62 bits per heavy atom. The monoisotopic (exact) mass is 332 g/mol. The van der Waals surface area contributed by atoms with E-state index in [0.717, 1.165) is 16.5 Å². The van der Waals surface area contributed by atoms with Crippen LogP contribution in [0, 0.1) is 0 Å². The molecular weight excluding hydrogens is 312 g/mol. The van der Waals surface area contributed by atoms with Crippen LogP contribution in [-0.4, -0.2) is 46.5 Å². The molecule has 0 saturated heterocycles. The maximum absolute atomic E-state index is 12.1. The lowest BCUT2D eigenvalue weighted by molar-refractivity contribution is -0.142. The number of carboxylic acids is 1. The standard InChI is InChI=1S/C16H20N4O4/c1-9(19-14(21)7-17)15(22)20-13(16(23)24)6-10-8-18-12-5-3-2-4-11(10)12/h2-5,8-9,13,18H,6-7,17H2,1H3,(H,19,21)(H,20,22)(H,23,24). The second-order valence-corrected chi connectivity index (χ2v) is 5.46. The number of H-pyrrole nitrogens is 1. The van der Waals surface area contributed by atoms with Crippen molar-refractivity contribution in [2.45, 2.75) is 25.4 Å². The van der Waals surface area contributed by atoms with E-state index < -0.39 is 29.9 Å². The van der Waals surface area contributed by atoms with Crippen LogP contribution in [-0.2, 0) is 20.8 Å². The van der Waals surface area contributed by atoms with Crippen LogP contribution in [0.2, 0.25) is 0 Å². The van der Waals surface area contributed by atoms with Gasteiger partial charge in [-0.3, -0.25) is 9.59 Å². The molecule has 8 nitrogen and oxygen atoms in total. The molecule has 6 N–H and O–H groups in total. The van der Waals surface area contributed by atoms with E-state index in [1.54, 1.807) is 6.20 Å². The van der Waals surface area contributed by atoms with E-state index in [4.69, 9.17) is 5.73 Å². The van der Waals surface area contributed by atoms with Crippen molar-refractivity contribution in [1.29, 1.82) is 0 Å². The summed E-state index contributed by atoms with van der Waals surface area (Å²) in [5, 5.41) is 15.1. The molecular formula is C16H20N4O4. The second-order valence-electron chi connectivity index (χ2n) is 5.46. The summed E-state index contributed by atoms with van der Waals surface area (Å²) in [5.74, 6) is -2.21. The van der Waals surface area contributed by atoms with E-state index in [1.165, 1.54) is 6.92 Å². The SMILES string of the molecule is CC(NC(=O)CN)C(=O)NC(Cc1c[nH]c2ccccc12)C(=O)O. The van der Waals surface area contributed by atoms with Gasteiger partial charge in [0.25, 0.3) is 0 Å². The van der Waals surface area contributed by atoms with E-state index in [-0.39, 0.29) is 13.0 Å². The quantitative estimate of drug-likeness (QED) is 0.476. The first-order chi connectivity index (χ1) is 11.4. The molecule has 2 rings (SSSR count). The van der Waals surface area contributed by atoms with Gasteiger partial charge < -0.3 is 26.5 Å². The maximum atomic E-state index is 12.1. The predicted molar refractivity (Wildman–Crippen MR) is 88.2 cm³/mol. The fourth-order valence-corrected chi connectivity index (χ4v) is 2.38. The van der Waals surface area contributed by atoms with E-state index in [9.17, 15) is 19.5 Å². The molecule has 0 saturated carbocycles. The molecule has 0 aliphatic rings. The molecule has 0 aliphatic carbocycles. The minimum Gasteiger partial charge on any atom is -0.480 e. The topological polar surface area (TPSA) is 137 Å². The number of hydrogen-bond acceptors (Lipinski definition) is 4. The number of aromatic amines is 1. The van der Waals surface area contributed by atoms with Gasteiger partial charge in [-0.1, -0.05) is 18.2 Å². The van der Waals surface area contributed by atoms with E-state index >= 15 is 0 Å². The molecule has 128 valence electrons. The highest BCUT2D eigenvalue weighted by Crippen LogP contribution is 2.19. The number of amides is 2. The third-order valence-electron chi connectivity index (χ3n) is 3.67. The van der Waals surface area contributed by atoms with Crippen LogP contribution >= 0.6 is 0 Å². The third kappa shape index (κ3) is 4.11.